The van der Waals surface area contributed by atoms with Crippen LogP contribution in [0.3, 0.4) is 0 Å². The quantitative estimate of drug-likeness (QED) is 0.662. The second-order valence-corrected chi connectivity index (χ2v) is 5.27. The van der Waals surface area contributed by atoms with E-state index in [0.717, 1.165) is 24.0 Å². The van der Waals surface area contributed by atoms with Gasteiger partial charge >= 0.3 is 0 Å². The van der Waals surface area contributed by atoms with Crippen molar-refractivity contribution in [1.82, 2.24) is 0 Å². The molecular weight excluding hydrogens is 239 g/mol. The molecule has 2 atom stereocenters. The summed E-state index contributed by atoms with van der Waals surface area (Å²) >= 11 is 6.33. The standard InChI is InChI=1S/C14H14ClFO/c15-11-6-2-1-5-10(11)13-8-9-4-3-7-12(16)14(9)17-13/h3-4,7-8,10-11H,1-2,5-6H2. The van der Waals surface area contributed by atoms with Crippen LogP contribution in [-0.2, 0) is 0 Å². The third-order valence-corrected chi connectivity index (χ3v) is 4.08. The predicted molar refractivity (Wildman–Crippen MR) is 67.0 cm³/mol. The molecule has 1 aromatic carbocycles. The Morgan fingerprint density at radius 2 is 2.06 bits per heavy atom. The maximum atomic E-state index is 13.5. The van der Waals surface area contributed by atoms with Gasteiger partial charge in [0.1, 0.15) is 5.76 Å². The summed E-state index contributed by atoms with van der Waals surface area (Å²) in [5, 5.41) is 0.946. The molecule has 1 aliphatic carbocycles. The fraction of sp³-hybridized carbons (Fsp3) is 0.429. The minimum Gasteiger partial charge on any atom is -0.458 e. The van der Waals surface area contributed by atoms with Gasteiger partial charge in [0.15, 0.2) is 11.4 Å². The molecule has 0 saturated heterocycles. The zero-order chi connectivity index (χ0) is 11.8. The fourth-order valence-electron chi connectivity index (χ4n) is 2.64. The molecule has 0 spiro atoms. The molecule has 1 aliphatic rings. The van der Waals surface area contributed by atoms with E-state index in [9.17, 15) is 4.39 Å². The highest BCUT2D eigenvalue weighted by molar-refractivity contribution is 6.21. The number of hydrogen-bond donors (Lipinski definition) is 0. The van der Waals surface area contributed by atoms with Crippen molar-refractivity contribution >= 4 is 22.6 Å². The Bertz CT molecular complexity index is 534. The summed E-state index contributed by atoms with van der Waals surface area (Å²) in [7, 11) is 0. The smallest absolute Gasteiger partial charge is 0.169 e. The SMILES string of the molecule is Fc1cccc2cc(C3CCCCC3Cl)oc12. The zero-order valence-electron chi connectivity index (χ0n) is 9.46. The fourth-order valence-corrected chi connectivity index (χ4v) is 3.04. The van der Waals surface area contributed by atoms with Crippen molar-refractivity contribution in [2.75, 3.05) is 0 Å². The molecule has 2 unspecified atom stereocenters. The lowest BCUT2D eigenvalue weighted by Crippen LogP contribution is -2.16. The molecule has 17 heavy (non-hydrogen) atoms. The van der Waals surface area contributed by atoms with E-state index < -0.39 is 0 Å². The summed E-state index contributed by atoms with van der Waals surface area (Å²) in [6, 6.07) is 6.94. The van der Waals surface area contributed by atoms with E-state index in [1.807, 2.05) is 12.1 Å². The van der Waals surface area contributed by atoms with Crippen LogP contribution >= 0.6 is 11.6 Å². The van der Waals surface area contributed by atoms with Crippen LogP contribution in [0.1, 0.15) is 37.4 Å². The van der Waals surface area contributed by atoms with Gasteiger partial charge in [0, 0.05) is 16.7 Å². The van der Waals surface area contributed by atoms with E-state index in [-0.39, 0.29) is 17.1 Å². The van der Waals surface area contributed by atoms with Gasteiger partial charge in [-0.1, -0.05) is 25.0 Å². The van der Waals surface area contributed by atoms with Crippen LogP contribution < -0.4 is 0 Å². The molecule has 1 fully saturated rings. The lowest BCUT2D eigenvalue weighted by Gasteiger charge is -2.24. The molecule has 1 saturated carbocycles. The topological polar surface area (TPSA) is 13.1 Å². The minimum atomic E-state index is -0.296. The maximum Gasteiger partial charge on any atom is 0.169 e. The summed E-state index contributed by atoms with van der Waals surface area (Å²) < 4.78 is 19.2. The normalized spacial score (nSPS) is 25.3. The molecular formula is C14H14ClFO. The highest BCUT2D eigenvalue weighted by Gasteiger charge is 2.27. The van der Waals surface area contributed by atoms with Crippen LogP contribution in [0.4, 0.5) is 4.39 Å². The van der Waals surface area contributed by atoms with Crippen LogP contribution in [0.2, 0.25) is 0 Å². The molecule has 1 nitrogen and oxygen atoms in total. The Kier molecular flexibility index (Phi) is 2.83. The largest absolute Gasteiger partial charge is 0.458 e. The maximum absolute atomic E-state index is 13.5. The predicted octanol–water partition coefficient (Wildman–Crippen LogP) is 4.84. The van der Waals surface area contributed by atoms with E-state index in [0.29, 0.717) is 5.58 Å². The molecule has 3 rings (SSSR count). The third kappa shape index (κ3) is 1.95. The van der Waals surface area contributed by atoms with Crippen LogP contribution in [0.15, 0.2) is 28.7 Å². The molecule has 1 aromatic heterocycles. The Morgan fingerprint density at radius 3 is 2.82 bits per heavy atom. The Balaban J connectivity index is 2.02. The second-order valence-electron chi connectivity index (χ2n) is 4.71. The van der Waals surface area contributed by atoms with E-state index in [1.54, 1.807) is 6.07 Å². The van der Waals surface area contributed by atoms with Crippen molar-refractivity contribution in [3.05, 3.63) is 35.8 Å². The first kappa shape index (κ1) is 11.1. The van der Waals surface area contributed by atoms with Crippen molar-refractivity contribution in [1.29, 1.82) is 0 Å². The van der Waals surface area contributed by atoms with Crippen molar-refractivity contribution in [3.63, 3.8) is 0 Å². The molecule has 3 heteroatoms. The average molecular weight is 253 g/mol. The highest BCUT2D eigenvalue weighted by atomic mass is 35.5. The van der Waals surface area contributed by atoms with E-state index in [2.05, 4.69) is 0 Å². The first-order chi connectivity index (χ1) is 8.25. The lowest BCUT2D eigenvalue weighted by molar-refractivity contribution is 0.387. The van der Waals surface area contributed by atoms with Crippen molar-refractivity contribution in [2.45, 2.75) is 37.0 Å². The van der Waals surface area contributed by atoms with Crippen LogP contribution in [0.25, 0.3) is 11.0 Å². The molecule has 0 radical (unpaired) electrons. The third-order valence-electron chi connectivity index (χ3n) is 3.56. The lowest BCUT2D eigenvalue weighted by atomic mass is 9.87. The average Bonchev–Trinajstić information content (AvgIpc) is 2.75. The molecule has 0 bridgehead atoms. The van der Waals surface area contributed by atoms with Gasteiger partial charge in [-0.15, -0.1) is 11.6 Å². The van der Waals surface area contributed by atoms with Gasteiger partial charge in [-0.2, -0.15) is 0 Å². The number of benzene rings is 1. The molecule has 0 N–H and O–H groups in total. The minimum absolute atomic E-state index is 0.118. The summed E-state index contributed by atoms with van der Waals surface area (Å²) in [6.45, 7) is 0. The number of rotatable bonds is 1. The van der Waals surface area contributed by atoms with E-state index in [4.69, 9.17) is 16.0 Å². The van der Waals surface area contributed by atoms with Crippen LogP contribution in [-0.4, -0.2) is 5.38 Å². The van der Waals surface area contributed by atoms with Gasteiger partial charge < -0.3 is 4.42 Å². The first-order valence-electron chi connectivity index (χ1n) is 6.08. The summed E-state index contributed by atoms with van der Waals surface area (Å²) in [5.41, 5.74) is 0.358. The summed E-state index contributed by atoms with van der Waals surface area (Å²) in [5.74, 6) is 0.776. The molecule has 90 valence electrons. The first-order valence-corrected chi connectivity index (χ1v) is 6.51. The summed E-state index contributed by atoms with van der Waals surface area (Å²) in [4.78, 5) is 0. The molecule has 0 aliphatic heterocycles. The van der Waals surface area contributed by atoms with E-state index in [1.165, 1.54) is 18.9 Å². The van der Waals surface area contributed by atoms with Crippen molar-refractivity contribution in [3.8, 4) is 0 Å². The van der Waals surface area contributed by atoms with Crippen molar-refractivity contribution in [2.24, 2.45) is 0 Å². The number of alkyl halides is 1. The number of furan rings is 1. The Morgan fingerprint density at radius 1 is 1.24 bits per heavy atom. The van der Waals surface area contributed by atoms with Gasteiger partial charge in [0.25, 0.3) is 0 Å². The Labute approximate surface area is 105 Å². The van der Waals surface area contributed by atoms with Gasteiger partial charge in [-0.05, 0) is 25.0 Å². The number of halogens is 2. The summed E-state index contributed by atoms with van der Waals surface area (Å²) in [6.07, 6.45) is 4.41. The van der Waals surface area contributed by atoms with Gasteiger partial charge in [-0.3, -0.25) is 0 Å². The van der Waals surface area contributed by atoms with Gasteiger partial charge in [0.2, 0.25) is 0 Å². The van der Waals surface area contributed by atoms with Gasteiger partial charge in [0.05, 0.1) is 0 Å². The second kappa shape index (κ2) is 4.34. The number of para-hydroxylation sites is 1. The highest BCUT2D eigenvalue weighted by Crippen LogP contribution is 2.38. The molecule has 0 amide bonds. The van der Waals surface area contributed by atoms with Crippen molar-refractivity contribution < 1.29 is 8.81 Å². The zero-order valence-corrected chi connectivity index (χ0v) is 10.2. The van der Waals surface area contributed by atoms with E-state index >= 15 is 0 Å². The van der Waals surface area contributed by atoms with Crippen LogP contribution in [0.5, 0.6) is 0 Å². The molecule has 1 heterocycles. The monoisotopic (exact) mass is 252 g/mol. The molecule has 2 aromatic rings. The number of fused-ring (bicyclic) bond motifs is 1. The van der Waals surface area contributed by atoms with Crippen LogP contribution in [0, 0.1) is 5.82 Å². The Hall–Kier alpha value is -1.02. The van der Waals surface area contributed by atoms with Gasteiger partial charge in [-0.25, -0.2) is 4.39 Å². The number of hydrogen-bond acceptors (Lipinski definition) is 1.